The molecule has 1 aromatic rings. The van der Waals surface area contributed by atoms with Gasteiger partial charge in [-0.2, -0.15) is 0 Å². The first-order chi connectivity index (χ1) is 15.0. The summed E-state index contributed by atoms with van der Waals surface area (Å²) in [5.74, 6) is -0.147. The Hall–Kier alpha value is -1.95. The van der Waals surface area contributed by atoms with Crippen molar-refractivity contribution in [1.82, 2.24) is 4.90 Å². The fourth-order valence-corrected chi connectivity index (χ4v) is 5.49. The van der Waals surface area contributed by atoms with Crippen molar-refractivity contribution in [3.05, 3.63) is 58.7 Å². The molecule has 0 radical (unpaired) electrons. The summed E-state index contributed by atoms with van der Waals surface area (Å²) in [6.45, 7) is 8.16. The van der Waals surface area contributed by atoms with Crippen molar-refractivity contribution in [2.75, 3.05) is 0 Å². The van der Waals surface area contributed by atoms with E-state index < -0.39 is 11.3 Å². The average Bonchev–Trinajstić information content (AvgIpc) is 3.35. The van der Waals surface area contributed by atoms with Crippen LogP contribution < -0.4 is 0 Å². The number of allylic oxidation sites excluding steroid dienone is 2. The number of amides is 1. The summed E-state index contributed by atoms with van der Waals surface area (Å²) in [5.41, 5.74) is 0.832. The topological polar surface area (TPSA) is 73.3 Å². The van der Waals surface area contributed by atoms with Crippen LogP contribution in [-0.2, 0) is 16.1 Å². The molecule has 32 heavy (non-hydrogen) atoms. The smallest absolute Gasteiger partial charge is 0.252 e. The van der Waals surface area contributed by atoms with Crippen molar-refractivity contribution in [3.63, 3.8) is 0 Å². The fraction of sp³-hybridized carbons (Fsp3) is 0.593. The van der Waals surface area contributed by atoms with Gasteiger partial charge in [0.2, 0.25) is 0 Å². The summed E-state index contributed by atoms with van der Waals surface area (Å²) >= 11 is 0. The van der Waals surface area contributed by atoms with Crippen LogP contribution in [0.5, 0.6) is 0 Å². The molecule has 174 valence electrons. The predicted molar refractivity (Wildman–Crippen MR) is 125 cm³/mol. The Morgan fingerprint density at radius 1 is 1.09 bits per heavy atom. The van der Waals surface area contributed by atoms with Crippen LogP contribution in [0, 0.1) is 0 Å². The molecular weight excluding hydrogens is 402 g/mol. The van der Waals surface area contributed by atoms with E-state index in [1.54, 1.807) is 11.8 Å². The van der Waals surface area contributed by atoms with E-state index >= 15 is 0 Å². The Labute approximate surface area is 191 Å². The van der Waals surface area contributed by atoms with Crippen LogP contribution in [0.1, 0.15) is 78.2 Å². The largest absolute Gasteiger partial charge is 0.390 e. The van der Waals surface area contributed by atoms with Gasteiger partial charge in [0.15, 0.2) is 5.72 Å². The highest BCUT2D eigenvalue weighted by atomic mass is 16.6. The van der Waals surface area contributed by atoms with Crippen molar-refractivity contribution < 1.29 is 19.7 Å². The first-order valence-electron chi connectivity index (χ1n) is 11.9. The lowest BCUT2D eigenvalue weighted by Crippen LogP contribution is -2.52. The zero-order valence-electron chi connectivity index (χ0n) is 19.9. The SMILES string of the molecule is CC1=C2CC/C(C)=C/CC[C@@]3(C)O[C@H]3CC[C@@](C)(O)CC2(O)N(Cc2ccccc2)C1=O. The van der Waals surface area contributed by atoms with E-state index in [9.17, 15) is 15.0 Å². The van der Waals surface area contributed by atoms with Gasteiger partial charge < -0.3 is 19.8 Å². The number of aliphatic hydroxyl groups is 2. The van der Waals surface area contributed by atoms with Crippen molar-refractivity contribution >= 4 is 5.91 Å². The van der Waals surface area contributed by atoms with Crippen LogP contribution in [0.3, 0.4) is 0 Å². The van der Waals surface area contributed by atoms with Gasteiger partial charge in [-0.1, -0.05) is 42.0 Å². The number of ether oxygens (including phenoxy) is 1. The second-order valence-electron chi connectivity index (χ2n) is 10.5. The van der Waals surface area contributed by atoms with E-state index in [0.717, 1.165) is 36.8 Å². The van der Waals surface area contributed by atoms with E-state index in [4.69, 9.17) is 4.74 Å². The summed E-state index contributed by atoms with van der Waals surface area (Å²) in [5, 5.41) is 23.4. The van der Waals surface area contributed by atoms with Crippen LogP contribution in [-0.4, -0.2) is 44.1 Å². The highest BCUT2D eigenvalue weighted by molar-refractivity contribution is 5.97. The van der Waals surface area contributed by atoms with Gasteiger partial charge in [-0.15, -0.1) is 0 Å². The van der Waals surface area contributed by atoms with Crippen LogP contribution in [0.4, 0.5) is 0 Å². The molecule has 4 rings (SSSR count). The molecule has 5 nitrogen and oxygen atoms in total. The number of carbonyl (C=O) groups is 1. The summed E-state index contributed by atoms with van der Waals surface area (Å²) in [4.78, 5) is 14.9. The lowest BCUT2D eigenvalue weighted by Gasteiger charge is -2.41. The highest BCUT2D eigenvalue weighted by Gasteiger charge is 2.54. The van der Waals surface area contributed by atoms with Crippen LogP contribution in [0.25, 0.3) is 0 Å². The van der Waals surface area contributed by atoms with E-state index in [0.29, 0.717) is 25.0 Å². The molecule has 3 aliphatic rings. The third kappa shape index (κ3) is 4.57. The number of hydrogen-bond acceptors (Lipinski definition) is 4. The number of benzene rings is 1. The van der Waals surface area contributed by atoms with Gasteiger partial charge in [0.1, 0.15) is 0 Å². The normalized spacial score (nSPS) is 37.9. The first kappa shape index (κ1) is 23.2. The zero-order chi connectivity index (χ0) is 23.1. The van der Waals surface area contributed by atoms with Gasteiger partial charge in [0.25, 0.3) is 5.91 Å². The minimum Gasteiger partial charge on any atom is -0.390 e. The third-order valence-corrected chi connectivity index (χ3v) is 7.64. The number of fused-ring (bicyclic) bond motifs is 2. The summed E-state index contributed by atoms with van der Waals surface area (Å²) in [6, 6.07) is 9.73. The van der Waals surface area contributed by atoms with E-state index in [1.807, 2.05) is 37.3 Å². The molecular formula is C27H37NO4. The van der Waals surface area contributed by atoms with Gasteiger partial charge in [0, 0.05) is 18.5 Å². The van der Waals surface area contributed by atoms with Gasteiger partial charge in [-0.05, 0) is 77.4 Å². The first-order valence-corrected chi connectivity index (χ1v) is 11.9. The molecule has 1 unspecified atom stereocenters. The molecule has 0 saturated carbocycles. The Bertz CT molecular complexity index is 934. The molecule has 0 spiro atoms. The maximum absolute atomic E-state index is 13.3. The molecule has 2 N–H and O–H groups in total. The van der Waals surface area contributed by atoms with Gasteiger partial charge in [-0.25, -0.2) is 0 Å². The lowest BCUT2D eigenvalue weighted by molar-refractivity contribution is -0.155. The lowest BCUT2D eigenvalue weighted by atomic mass is 9.82. The van der Waals surface area contributed by atoms with Gasteiger partial charge in [-0.3, -0.25) is 4.79 Å². The third-order valence-electron chi connectivity index (χ3n) is 7.64. The van der Waals surface area contributed by atoms with Crippen LogP contribution in [0.2, 0.25) is 0 Å². The molecule has 2 heterocycles. The molecule has 1 aromatic carbocycles. The Kier molecular flexibility index (Phi) is 6.12. The molecule has 5 heteroatoms. The Morgan fingerprint density at radius 2 is 1.81 bits per heavy atom. The molecule has 1 fully saturated rings. The Balaban J connectivity index is 1.67. The monoisotopic (exact) mass is 439 g/mol. The minimum atomic E-state index is -1.50. The van der Waals surface area contributed by atoms with Crippen molar-refractivity contribution in [2.45, 2.75) is 102 Å². The zero-order valence-corrected chi connectivity index (χ0v) is 19.9. The second kappa shape index (κ2) is 8.44. The molecule has 2 aliphatic heterocycles. The highest BCUT2D eigenvalue weighted by Crippen LogP contribution is 2.47. The van der Waals surface area contributed by atoms with E-state index in [2.05, 4.69) is 19.9 Å². The molecule has 0 bridgehead atoms. The van der Waals surface area contributed by atoms with Crippen molar-refractivity contribution in [1.29, 1.82) is 0 Å². The van der Waals surface area contributed by atoms with Crippen LogP contribution in [0.15, 0.2) is 53.1 Å². The van der Waals surface area contributed by atoms with Crippen molar-refractivity contribution in [3.8, 4) is 0 Å². The van der Waals surface area contributed by atoms with Crippen molar-refractivity contribution in [2.24, 2.45) is 0 Å². The Morgan fingerprint density at radius 3 is 2.53 bits per heavy atom. The predicted octanol–water partition coefficient (Wildman–Crippen LogP) is 4.63. The number of rotatable bonds is 2. The number of hydrogen-bond donors (Lipinski definition) is 2. The summed E-state index contributed by atoms with van der Waals surface area (Å²) in [7, 11) is 0. The summed E-state index contributed by atoms with van der Waals surface area (Å²) in [6.07, 6.45) is 7.08. The maximum atomic E-state index is 13.3. The van der Waals surface area contributed by atoms with Crippen LogP contribution >= 0.6 is 0 Å². The number of carbonyl (C=O) groups excluding carboxylic acids is 1. The second-order valence-corrected chi connectivity index (χ2v) is 10.5. The number of epoxide rings is 1. The average molecular weight is 440 g/mol. The summed E-state index contributed by atoms with van der Waals surface area (Å²) < 4.78 is 5.98. The molecule has 1 amide bonds. The van der Waals surface area contributed by atoms with Gasteiger partial charge >= 0.3 is 0 Å². The fourth-order valence-electron chi connectivity index (χ4n) is 5.49. The number of nitrogens with zero attached hydrogens (tertiary/aromatic N) is 1. The minimum absolute atomic E-state index is 0.0947. The maximum Gasteiger partial charge on any atom is 0.252 e. The molecule has 1 aliphatic carbocycles. The van der Waals surface area contributed by atoms with Gasteiger partial charge in [0.05, 0.1) is 17.3 Å². The molecule has 1 saturated heterocycles. The molecule has 0 aromatic heterocycles. The van der Waals surface area contributed by atoms with E-state index in [1.165, 1.54) is 5.57 Å². The standard InChI is InChI=1S/C27H37NO4/c1-19-9-8-15-26(4)23(32-26)14-16-25(3,30)18-27(31)22(13-12-19)20(2)24(29)28(27)17-21-10-6-5-7-11-21/h5-7,9-11,23,30-31H,8,12-18H2,1-4H3/b19-9+/t23-,25+,26+,27?/m0/s1. The molecule has 4 atom stereocenters. The van der Waals surface area contributed by atoms with E-state index in [-0.39, 0.29) is 24.0 Å². The quantitative estimate of drug-likeness (QED) is 0.520.